The molecule has 0 saturated heterocycles. The second kappa shape index (κ2) is 6.37. The van der Waals surface area contributed by atoms with E-state index in [2.05, 4.69) is 10.6 Å². The summed E-state index contributed by atoms with van der Waals surface area (Å²) < 4.78 is 0. The van der Waals surface area contributed by atoms with Crippen molar-refractivity contribution in [1.29, 1.82) is 5.26 Å². The molecule has 1 aromatic carbocycles. The first kappa shape index (κ1) is 15.0. The first-order valence-electron chi connectivity index (χ1n) is 6.84. The van der Waals surface area contributed by atoms with Gasteiger partial charge in [-0.25, -0.2) is 0 Å². The number of carbonyl (C=O) groups excluding carboxylic acids is 1. The number of amides is 1. The molecule has 1 fully saturated rings. The van der Waals surface area contributed by atoms with E-state index in [4.69, 9.17) is 10.4 Å². The van der Waals surface area contributed by atoms with E-state index in [1.54, 1.807) is 24.3 Å². The van der Waals surface area contributed by atoms with Crippen LogP contribution in [-0.2, 0) is 9.59 Å². The SMILES string of the molecule is N#Cc1ccc(NC(=O)CCNC2(C(=O)O)CCC2)cc1. The predicted octanol–water partition coefficient (Wildman–Crippen LogP) is 1.48. The van der Waals surface area contributed by atoms with Gasteiger partial charge in [0.15, 0.2) is 0 Å². The summed E-state index contributed by atoms with van der Waals surface area (Å²) in [7, 11) is 0. The molecule has 3 N–H and O–H groups in total. The number of hydrogen-bond donors (Lipinski definition) is 3. The van der Waals surface area contributed by atoms with Crippen molar-refractivity contribution < 1.29 is 14.7 Å². The summed E-state index contributed by atoms with van der Waals surface area (Å²) >= 11 is 0. The molecule has 21 heavy (non-hydrogen) atoms. The lowest BCUT2D eigenvalue weighted by Gasteiger charge is -2.38. The van der Waals surface area contributed by atoms with Crippen molar-refractivity contribution in [3.63, 3.8) is 0 Å². The van der Waals surface area contributed by atoms with Crippen molar-refractivity contribution >= 4 is 17.6 Å². The van der Waals surface area contributed by atoms with Crippen LogP contribution < -0.4 is 10.6 Å². The fourth-order valence-corrected chi connectivity index (χ4v) is 2.26. The Hall–Kier alpha value is -2.39. The van der Waals surface area contributed by atoms with Gasteiger partial charge in [0.1, 0.15) is 5.54 Å². The largest absolute Gasteiger partial charge is 0.480 e. The van der Waals surface area contributed by atoms with Gasteiger partial charge in [-0.15, -0.1) is 0 Å². The Balaban J connectivity index is 1.77. The van der Waals surface area contributed by atoms with Gasteiger partial charge in [0, 0.05) is 18.7 Å². The van der Waals surface area contributed by atoms with Crippen molar-refractivity contribution in [2.24, 2.45) is 0 Å². The molecule has 2 rings (SSSR count). The van der Waals surface area contributed by atoms with Crippen molar-refractivity contribution in [3.8, 4) is 6.07 Å². The number of hydrogen-bond acceptors (Lipinski definition) is 4. The quantitative estimate of drug-likeness (QED) is 0.735. The molecule has 0 heterocycles. The van der Waals surface area contributed by atoms with Gasteiger partial charge < -0.3 is 15.7 Å². The zero-order valence-corrected chi connectivity index (χ0v) is 11.6. The fourth-order valence-electron chi connectivity index (χ4n) is 2.26. The second-order valence-corrected chi connectivity index (χ2v) is 5.15. The number of aliphatic carboxylic acids is 1. The molecule has 0 unspecified atom stereocenters. The molecule has 1 aliphatic rings. The number of carboxylic acid groups (broad SMARTS) is 1. The lowest BCUT2D eigenvalue weighted by Crippen LogP contribution is -2.57. The Kier molecular flexibility index (Phi) is 4.55. The minimum absolute atomic E-state index is 0.188. The number of rotatable bonds is 6. The first-order chi connectivity index (χ1) is 10.1. The van der Waals surface area contributed by atoms with Crippen LogP contribution in [0.25, 0.3) is 0 Å². The van der Waals surface area contributed by atoms with Gasteiger partial charge in [0.2, 0.25) is 5.91 Å². The number of carbonyl (C=O) groups is 2. The highest BCUT2D eigenvalue weighted by Crippen LogP contribution is 2.31. The third-order valence-corrected chi connectivity index (χ3v) is 3.73. The van der Waals surface area contributed by atoms with Crippen LogP contribution in [0.4, 0.5) is 5.69 Å². The minimum atomic E-state index is -0.846. The number of anilines is 1. The van der Waals surface area contributed by atoms with Crippen LogP contribution in [0.5, 0.6) is 0 Å². The summed E-state index contributed by atoms with van der Waals surface area (Å²) in [6.07, 6.45) is 2.32. The zero-order chi connectivity index (χ0) is 15.3. The molecule has 0 atom stereocenters. The van der Waals surface area contributed by atoms with Gasteiger partial charge in [0.25, 0.3) is 0 Å². The third-order valence-electron chi connectivity index (χ3n) is 3.73. The molecule has 6 nitrogen and oxygen atoms in total. The van der Waals surface area contributed by atoms with Crippen LogP contribution >= 0.6 is 0 Å². The van der Waals surface area contributed by atoms with E-state index in [0.717, 1.165) is 6.42 Å². The number of nitrogens with zero attached hydrogens (tertiary/aromatic N) is 1. The molecular weight excluding hydrogens is 270 g/mol. The highest BCUT2D eigenvalue weighted by Gasteiger charge is 2.43. The summed E-state index contributed by atoms with van der Waals surface area (Å²) in [5.74, 6) is -1.03. The lowest BCUT2D eigenvalue weighted by atomic mass is 9.77. The van der Waals surface area contributed by atoms with Gasteiger partial charge in [0.05, 0.1) is 11.6 Å². The Morgan fingerprint density at radius 2 is 1.95 bits per heavy atom. The molecule has 110 valence electrons. The first-order valence-corrected chi connectivity index (χ1v) is 6.84. The smallest absolute Gasteiger partial charge is 0.323 e. The summed E-state index contributed by atoms with van der Waals surface area (Å²) in [6, 6.07) is 8.58. The molecular formula is C15H17N3O3. The molecule has 1 amide bonds. The van der Waals surface area contributed by atoms with Crippen LogP contribution in [0.2, 0.25) is 0 Å². The molecule has 6 heteroatoms. The summed E-state index contributed by atoms with van der Waals surface area (Å²) in [4.78, 5) is 22.9. The number of nitriles is 1. The van der Waals surface area contributed by atoms with E-state index in [1.165, 1.54) is 0 Å². The van der Waals surface area contributed by atoms with Crippen molar-refractivity contribution in [2.75, 3.05) is 11.9 Å². The van der Waals surface area contributed by atoms with E-state index >= 15 is 0 Å². The Morgan fingerprint density at radius 3 is 2.43 bits per heavy atom. The van der Waals surface area contributed by atoms with E-state index in [9.17, 15) is 9.59 Å². The van der Waals surface area contributed by atoms with Crippen LogP contribution in [0, 0.1) is 11.3 Å². The van der Waals surface area contributed by atoms with E-state index < -0.39 is 11.5 Å². The Bertz CT molecular complexity index is 571. The van der Waals surface area contributed by atoms with Gasteiger partial charge in [-0.05, 0) is 43.5 Å². The molecule has 1 aromatic rings. The van der Waals surface area contributed by atoms with Crippen LogP contribution in [-0.4, -0.2) is 29.1 Å². The minimum Gasteiger partial charge on any atom is -0.480 e. The van der Waals surface area contributed by atoms with Crippen LogP contribution in [0.3, 0.4) is 0 Å². The van der Waals surface area contributed by atoms with Crippen molar-refractivity contribution in [2.45, 2.75) is 31.2 Å². The van der Waals surface area contributed by atoms with Crippen molar-refractivity contribution in [1.82, 2.24) is 5.32 Å². The molecule has 0 spiro atoms. The number of carboxylic acids is 1. The highest BCUT2D eigenvalue weighted by atomic mass is 16.4. The van der Waals surface area contributed by atoms with Crippen LogP contribution in [0.15, 0.2) is 24.3 Å². The van der Waals surface area contributed by atoms with Gasteiger partial charge in [-0.3, -0.25) is 9.59 Å². The fraction of sp³-hybridized carbons (Fsp3) is 0.400. The predicted molar refractivity (Wildman–Crippen MR) is 76.6 cm³/mol. The highest BCUT2D eigenvalue weighted by molar-refractivity contribution is 5.91. The van der Waals surface area contributed by atoms with Gasteiger partial charge in [-0.2, -0.15) is 5.26 Å². The number of benzene rings is 1. The van der Waals surface area contributed by atoms with Gasteiger partial charge in [-0.1, -0.05) is 0 Å². The standard InChI is InChI=1S/C15H17N3O3/c16-10-11-2-4-12(5-3-11)18-13(19)6-9-17-15(14(20)21)7-1-8-15/h2-5,17H,1,6-9H2,(H,18,19)(H,20,21). The van der Waals surface area contributed by atoms with E-state index in [-0.39, 0.29) is 12.3 Å². The zero-order valence-electron chi connectivity index (χ0n) is 11.6. The second-order valence-electron chi connectivity index (χ2n) is 5.15. The van der Waals surface area contributed by atoms with Gasteiger partial charge >= 0.3 is 5.97 Å². The monoisotopic (exact) mass is 287 g/mol. The maximum absolute atomic E-state index is 11.8. The average molecular weight is 287 g/mol. The average Bonchev–Trinajstić information content (AvgIpc) is 2.42. The Labute approximate surface area is 122 Å². The van der Waals surface area contributed by atoms with E-state index in [0.29, 0.717) is 30.6 Å². The molecule has 0 aliphatic heterocycles. The normalized spacial score (nSPS) is 15.6. The summed E-state index contributed by atoms with van der Waals surface area (Å²) in [5, 5.41) is 23.5. The molecule has 1 aliphatic carbocycles. The number of nitrogens with one attached hydrogen (secondary N) is 2. The molecule has 0 bridgehead atoms. The Morgan fingerprint density at radius 1 is 1.29 bits per heavy atom. The molecule has 1 saturated carbocycles. The summed E-state index contributed by atoms with van der Waals surface area (Å²) in [5.41, 5.74) is 0.313. The molecule has 0 aromatic heterocycles. The third kappa shape index (κ3) is 3.58. The van der Waals surface area contributed by atoms with E-state index in [1.807, 2.05) is 6.07 Å². The lowest BCUT2D eigenvalue weighted by molar-refractivity contribution is -0.149. The van der Waals surface area contributed by atoms with Crippen LogP contribution in [0.1, 0.15) is 31.2 Å². The van der Waals surface area contributed by atoms with Crippen molar-refractivity contribution in [3.05, 3.63) is 29.8 Å². The maximum atomic E-state index is 11.8. The summed E-state index contributed by atoms with van der Waals surface area (Å²) in [6.45, 7) is 0.328. The topological polar surface area (TPSA) is 102 Å². The molecule has 0 radical (unpaired) electrons. The maximum Gasteiger partial charge on any atom is 0.323 e.